The third-order valence-electron chi connectivity index (χ3n) is 3.41. The van der Waals surface area contributed by atoms with E-state index < -0.39 is 0 Å². The molecule has 1 atom stereocenters. The summed E-state index contributed by atoms with van der Waals surface area (Å²) in [6.45, 7) is 1.48. The second-order valence-corrected chi connectivity index (χ2v) is 5.16. The Morgan fingerprint density at radius 3 is 2.74 bits per heavy atom. The van der Waals surface area contributed by atoms with Crippen LogP contribution in [0.2, 0.25) is 5.02 Å². The summed E-state index contributed by atoms with van der Waals surface area (Å²) in [7, 11) is 0. The molecule has 5 heteroatoms. The quantitative estimate of drug-likeness (QED) is 0.914. The molecule has 2 heterocycles. The molecule has 1 aromatic heterocycles. The molecule has 1 aliphatic heterocycles. The Morgan fingerprint density at radius 1 is 1.26 bits per heavy atom. The van der Waals surface area contributed by atoms with Crippen LogP contribution in [-0.4, -0.2) is 18.4 Å². The average molecular weight is 279 g/mol. The van der Waals surface area contributed by atoms with Crippen LogP contribution in [0.15, 0.2) is 28.8 Å². The molecule has 0 aliphatic carbocycles. The van der Waals surface area contributed by atoms with E-state index in [2.05, 4.69) is 5.16 Å². The van der Waals surface area contributed by atoms with Gasteiger partial charge in [0.2, 0.25) is 0 Å². The number of aromatic nitrogens is 1. The second-order valence-electron chi connectivity index (χ2n) is 4.73. The van der Waals surface area contributed by atoms with Crippen LogP contribution in [0.25, 0.3) is 11.1 Å². The summed E-state index contributed by atoms with van der Waals surface area (Å²) >= 11 is 5.91. The fourth-order valence-electron chi connectivity index (χ4n) is 2.45. The van der Waals surface area contributed by atoms with Crippen molar-refractivity contribution in [2.45, 2.75) is 18.8 Å². The number of nitrogen functional groups attached to an aromatic ring is 1. The van der Waals surface area contributed by atoms with Gasteiger partial charge in [0.05, 0.1) is 12.2 Å². The standard InChI is InChI=1S/C14H15ClN2O2/c15-11-5-3-9(4-6-11)12-13(19-17-14(12)16)10-2-1-7-18-8-10/h3-6,10H,1-2,7-8H2,(H2,16,17). The maximum Gasteiger partial charge on any atom is 0.175 e. The van der Waals surface area contributed by atoms with E-state index >= 15 is 0 Å². The molecule has 0 radical (unpaired) electrons. The maximum atomic E-state index is 5.94. The molecule has 19 heavy (non-hydrogen) atoms. The highest BCUT2D eigenvalue weighted by molar-refractivity contribution is 6.30. The van der Waals surface area contributed by atoms with Gasteiger partial charge in [-0.1, -0.05) is 28.9 Å². The lowest BCUT2D eigenvalue weighted by Crippen LogP contribution is -2.15. The number of hydrogen-bond acceptors (Lipinski definition) is 4. The van der Waals surface area contributed by atoms with Crippen molar-refractivity contribution in [1.82, 2.24) is 5.16 Å². The van der Waals surface area contributed by atoms with E-state index in [1.807, 2.05) is 24.3 Å². The van der Waals surface area contributed by atoms with Crippen molar-refractivity contribution in [3.8, 4) is 11.1 Å². The zero-order valence-electron chi connectivity index (χ0n) is 10.4. The van der Waals surface area contributed by atoms with Crippen molar-refractivity contribution in [2.24, 2.45) is 0 Å². The number of halogens is 1. The first-order valence-corrected chi connectivity index (χ1v) is 6.72. The molecule has 1 aromatic carbocycles. The predicted octanol–water partition coefficient (Wildman–Crippen LogP) is 3.47. The lowest BCUT2D eigenvalue weighted by atomic mass is 9.93. The van der Waals surface area contributed by atoms with E-state index in [9.17, 15) is 0 Å². The van der Waals surface area contributed by atoms with Gasteiger partial charge in [0.15, 0.2) is 11.6 Å². The first-order chi connectivity index (χ1) is 9.25. The van der Waals surface area contributed by atoms with E-state index in [4.69, 9.17) is 26.6 Å². The minimum atomic E-state index is 0.226. The van der Waals surface area contributed by atoms with E-state index in [1.54, 1.807) is 0 Å². The third-order valence-corrected chi connectivity index (χ3v) is 3.66. The summed E-state index contributed by atoms with van der Waals surface area (Å²) in [5.41, 5.74) is 7.78. The number of ether oxygens (including phenoxy) is 1. The Morgan fingerprint density at radius 2 is 2.05 bits per heavy atom. The first kappa shape index (κ1) is 12.5. The van der Waals surface area contributed by atoms with Gasteiger partial charge in [0, 0.05) is 17.5 Å². The molecule has 0 spiro atoms. The van der Waals surface area contributed by atoms with Crippen molar-refractivity contribution >= 4 is 17.4 Å². The SMILES string of the molecule is Nc1noc(C2CCCOC2)c1-c1ccc(Cl)cc1. The minimum Gasteiger partial charge on any atom is -0.381 e. The summed E-state index contributed by atoms with van der Waals surface area (Å²) in [4.78, 5) is 0. The van der Waals surface area contributed by atoms with Gasteiger partial charge in [-0.05, 0) is 30.5 Å². The summed E-state index contributed by atoms with van der Waals surface area (Å²) in [5.74, 6) is 1.46. The highest BCUT2D eigenvalue weighted by Crippen LogP contribution is 2.37. The van der Waals surface area contributed by atoms with Crippen LogP contribution in [-0.2, 0) is 4.74 Å². The molecular formula is C14H15ClN2O2. The van der Waals surface area contributed by atoms with Crippen molar-refractivity contribution in [1.29, 1.82) is 0 Å². The van der Waals surface area contributed by atoms with E-state index in [1.165, 1.54) is 0 Å². The molecule has 0 bridgehead atoms. The van der Waals surface area contributed by atoms with Crippen LogP contribution < -0.4 is 5.73 Å². The first-order valence-electron chi connectivity index (χ1n) is 6.34. The van der Waals surface area contributed by atoms with Gasteiger partial charge in [-0.2, -0.15) is 0 Å². The number of anilines is 1. The van der Waals surface area contributed by atoms with Crippen LogP contribution >= 0.6 is 11.6 Å². The molecule has 1 fully saturated rings. The monoisotopic (exact) mass is 278 g/mol. The Kier molecular flexibility index (Phi) is 3.44. The fourth-order valence-corrected chi connectivity index (χ4v) is 2.57. The molecule has 2 aromatic rings. The normalized spacial score (nSPS) is 19.5. The topological polar surface area (TPSA) is 61.3 Å². The van der Waals surface area contributed by atoms with Gasteiger partial charge in [0.25, 0.3) is 0 Å². The van der Waals surface area contributed by atoms with Crippen LogP contribution in [0, 0.1) is 0 Å². The van der Waals surface area contributed by atoms with E-state index in [-0.39, 0.29) is 5.92 Å². The van der Waals surface area contributed by atoms with Gasteiger partial charge in [0.1, 0.15) is 0 Å². The van der Waals surface area contributed by atoms with Crippen molar-refractivity contribution in [2.75, 3.05) is 18.9 Å². The average Bonchev–Trinajstić information content (AvgIpc) is 2.83. The lowest BCUT2D eigenvalue weighted by Gasteiger charge is -2.20. The zero-order valence-corrected chi connectivity index (χ0v) is 11.2. The van der Waals surface area contributed by atoms with Crippen LogP contribution in [0.1, 0.15) is 24.5 Å². The summed E-state index contributed by atoms with van der Waals surface area (Å²) in [5, 5.41) is 4.60. The van der Waals surface area contributed by atoms with Gasteiger partial charge < -0.3 is 15.0 Å². The Bertz CT molecular complexity index is 559. The molecule has 1 unspecified atom stereocenters. The van der Waals surface area contributed by atoms with Gasteiger partial charge in [-0.25, -0.2) is 0 Å². The highest BCUT2D eigenvalue weighted by Gasteiger charge is 2.26. The zero-order chi connectivity index (χ0) is 13.2. The molecule has 3 rings (SSSR count). The number of hydrogen-bond donors (Lipinski definition) is 1. The lowest BCUT2D eigenvalue weighted by molar-refractivity contribution is 0.0723. The molecular weight excluding hydrogens is 264 g/mol. The molecule has 1 saturated heterocycles. The molecule has 1 aliphatic rings. The molecule has 0 saturated carbocycles. The number of nitrogens with two attached hydrogens (primary N) is 1. The molecule has 2 N–H and O–H groups in total. The number of nitrogens with zero attached hydrogens (tertiary/aromatic N) is 1. The summed E-state index contributed by atoms with van der Waals surface area (Å²) in [6.07, 6.45) is 2.07. The van der Waals surface area contributed by atoms with Gasteiger partial charge >= 0.3 is 0 Å². The third kappa shape index (κ3) is 2.46. The van der Waals surface area contributed by atoms with E-state index in [0.29, 0.717) is 17.4 Å². The van der Waals surface area contributed by atoms with Crippen molar-refractivity contribution in [3.63, 3.8) is 0 Å². The Balaban J connectivity index is 2.00. The summed E-state index contributed by atoms with van der Waals surface area (Å²) < 4.78 is 10.9. The van der Waals surface area contributed by atoms with Gasteiger partial charge in [-0.15, -0.1) is 0 Å². The number of benzene rings is 1. The highest BCUT2D eigenvalue weighted by atomic mass is 35.5. The molecule has 100 valence electrons. The minimum absolute atomic E-state index is 0.226. The second kappa shape index (κ2) is 5.23. The largest absolute Gasteiger partial charge is 0.381 e. The maximum absolute atomic E-state index is 5.94. The van der Waals surface area contributed by atoms with Gasteiger partial charge in [-0.3, -0.25) is 0 Å². The predicted molar refractivity (Wildman–Crippen MR) is 74.2 cm³/mol. The van der Waals surface area contributed by atoms with Crippen LogP contribution in [0.4, 0.5) is 5.82 Å². The van der Waals surface area contributed by atoms with Crippen molar-refractivity contribution in [3.05, 3.63) is 35.0 Å². The van der Waals surface area contributed by atoms with Crippen LogP contribution in [0.5, 0.6) is 0 Å². The molecule has 4 nitrogen and oxygen atoms in total. The number of rotatable bonds is 2. The molecule has 0 amide bonds. The fraction of sp³-hybridized carbons (Fsp3) is 0.357. The Hall–Kier alpha value is -1.52. The van der Waals surface area contributed by atoms with Crippen molar-refractivity contribution < 1.29 is 9.26 Å². The van der Waals surface area contributed by atoms with E-state index in [0.717, 1.165) is 36.3 Å². The Labute approximate surface area is 116 Å². The smallest absolute Gasteiger partial charge is 0.175 e. The summed E-state index contributed by atoms with van der Waals surface area (Å²) in [6, 6.07) is 7.53. The van der Waals surface area contributed by atoms with Crippen LogP contribution in [0.3, 0.4) is 0 Å².